The molecule has 1 unspecified atom stereocenters. The van der Waals surface area contributed by atoms with E-state index in [0.29, 0.717) is 11.5 Å². The Balaban J connectivity index is 2.51. The van der Waals surface area contributed by atoms with Gasteiger partial charge in [-0.2, -0.15) is 0 Å². The molecule has 1 aliphatic rings. The average molecular weight is 264 g/mol. The summed E-state index contributed by atoms with van der Waals surface area (Å²) in [6, 6.07) is 3.91. The molecule has 0 saturated heterocycles. The van der Waals surface area contributed by atoms with Gasteiger partial charge in [0.2, 0.25) is 5.91 Å². The maximum absolute atomic E-state index is 11.3. The number of nitrogens with two attached hydrogens (primary N) is 1. The summed E-state index contributed by atoms with van der Waals surface area (Å²) in [6.07, 6.45) is 1.15. The highest BCUT2D eigenvalue weighted by atomic mass is 16.5. The monoisotopic (exact) mass is 264 g/mol. The van der Waals surface area contributed by atoms with E-state index < -0.39 is 5.54 Å². The van der Waals surface area contributed by atoms with Gasteiger partial charge < -0.3 is 20.5 Å². The zero-order chi connectivity index (χ0) is 14.0. The second kappa shape index (κ2) is 5.09. The normalized spacial score (nSPS) is 21.6. The van der Waals surface area contributed by atoms with Crippen molar-refractivity contribution < 1.29 is 14.3 Å². The minimum atomic E-state index is -0.445. The number of hydrogen-bond donors (Lipinski definition) is 2. The van der Waals surface area contributed by atoms with E-state index in [1.165, 1.54) is 5.56 Å². The molecule has 1 aliphatic heterocycles. The van der Waals surface area contributed by atoms with Gasteiger partial charge in [-0.3, -0.25) is 4.79 Å². The third-order valence-electron chi connectivity index (χ3n) is 3.64. The largest absolute Gasteiger partial charge is 0.493 e. The van der Waals surface area contributed by atoms with Crippen LogP contribution in [-0.4, -0.2) is 26.7 Å². The number of fused-ring (bicyclic) bond motifs is 1. The third-order valence-corrected chi connectivity index (χ3v) is 3.64. The van der Waals surface area contributed by atoms with Crippen molar-refractivity contribution in [2.24, 2.45) is 5.73 Å². The van der Waals surface area contributed by atoms with Crippen molar-refractivity contribution in [1.29, 1.82) is 0 Å². The van der Waals surface area contributed by atoms with Crippen LogP contribution < -0.4 is 20.5 Å². The maximum Gasteiger partial charge on any atom is 0.219 e. The quantitative estimate of drug-likeness (QED) is 0.849. The molecule has 3 N–H and O–H groups in total. The van der Waals surface area contributed by atoms with Crippen LogP contribution in [-0.2, 0) is 16.8 Å². The van der Waals surface area contributed by atoms with Gasteiger partial charge in [-0.1, -0.05) is 0 Å². The van der Waals surface area contributed by atoms with Gasteiger partial charge in [0.25, 0.3) is 0 Å². The van der Waals surface area contributed by atoms with Gasteiger partial charge >= 0.3 is 0 Å². The molecule has 2 rings (SSSR count). The van der Waals surface area contributed by atoms with Crippen molar-refractivity contribution in [2.75, 3.05) is 20.8 Å². The summed E-state index contributed by atoms with van der Waals surface area (Å²) >= 11 is 0. The molecular formula is C14H20N2O3. The Kier molecular flexibility index (Phi) is 3.66. The molecule has 1 atom stereocenters. The number of rotatable bonds is 4. The molecule has 5 heteroatoms. The summed E-state index contributed by atoms with van der Waals surface area (Å²) in [6.45, 7) is 2.80. The molecule has 1 amide bonds. The fraction of sp³-hybridized carbons (Fsp3) is 0.500. The molecule has 0 bridgehead atoms. The molecule has 1 heterocycles. The lowest BCUT2D eigenvalue weighted by Gasteiger charge is -2.37. The van der Waals surface area contributed by atoms with Gasteiger partial charge in [0.1, 0.15) is 0 Å². The molecular weight excluding hydrogens is 244 g/mol. The number of amides is 1. The van der Waals surface area contributed by atoms with E-state index in [9.17, 15) is 4.79 Å². The molecule has 0 radical (unpaired) electrons. The molecule has 0 spiro atoms. The van der Waals surface area contributed by atoms with Crippen LogP contribution in [0.3, 0.4) is 0 Å². The Hall–Kier alpha value is -1.75. The minimum absolute atomic E-state index is 0.259. The van der Waals surface area contributed by atoms with Crippen molar-refractivity contribution in [2.45, 2.75) is 25.3 Å². The standard InChI is InChI=1S/C14H20N2O3/c1-14(8-13(15)17)10-7-12(19-3)11(18-2)6-9(10)4-5-16-14/h6-7,16H,4-5,8H2,1-3H3,(H2,15,17). The number of carbonyl (C=O) groups is 1. The number of primary amides is 1. The van der Waals surface area contributed by atoms with Crippen LogP contribution in [0.4, 0.5) is 0 Å². The summed E-state index contributed by atoms with van der Waals surface area (Å²) in [4.78, 5) is 11.3. The molecule has 19 heavy (non-hydrogen) atoms. The van der Waals surface area contributed by atoms with Crippen LogP contribution in [0.25, 0.3) is 0 Å². The molecule has 1 aromatic carbocycles. The molecule has 0 aromatic heterocycles. The van der Waals surface area contributed by atoms with Crippen LogP contribution >= 0.6 is 0 Å². The lowest BCUT2D eigenvalue weighted by Crippen LogP contribution is -2.47. The highest BCUT2D eigenvalue weighted by Crippen LogP contribution is 2.38. The van der Waals surface area contributed by atoms with Crippen LogP contribution in [0.5, 0.6) is 11.5 Å². The zero-order valence-corrected chi connectivity index (χ0v) is 11.6. The minimum Gasteiger partial charge on any atom is -0.493 e. The Morgan fingerprint density at radius 3 is 2.58 bits per heavy atom. The van der Waals surface area contributed by atoms with Crippen molar-refractivity contribution >= 4 is 5.91 Å². The van der Waals surface area contributed by atoms with Crippen molar-refractivity contribution in [3.05, 3.63) is 23.3 Å². The first-order valence-corrected chi connectivity index (χ1v) is 6.29. The molecule has 104 valence electrons. The predicted molar refractivity (Wildman–Crippen MR) is 72.4 cm³/mol. The van der Waals surface area contributed by atoms with Crippen molar-refractivity contribution in [3.63, 3.8) is 0 Å². The van der Waals surface area contributed by atoms with Gasteiger partial charge in [-0.05, 0) is 36.6 Å². The van der Waals surface area contributed by atoms with Crippen molar-refractivity contribution in [3.8, 4) is 11.5 Å². The Morgan fingerprint density at radius 1 is 1.37 bits per heavy atom. The van der Waals surface area contributed by atoms with Gasteiger partial charge in [0.05, 0.1) is 14.2 Å². The topological polar surface area (TPSA) is 73.6 Å². The molecule has 0 aliphatic carbocycles. The molecule has 0 saturated carbocycles. The van der Waals surface area contributed by atoms with E-state index >= 15 is 0 Å². The highest BCUT2D eigenvalue weighted by molar-refractivity contribution is 5.75. The number of nitrogens with one attached hydrogen (secondary N) is 1. The second-order valence-corrected chi connectivity index (χ2v) is 5.02. The van der Waals surface area contributed by atoms with E-state index in [1.54, 1.807) is 14.2 Å². The van der Waals surface area contributed by atoms with Crippen LogP contribution in [0.2, 0.25) is 0 Å². The summed E-state index contributed by atoms with van der Waals surface area (Å²) in [5.74, 6) is 1.06. The second-order valence-electron chi connectivity index (χ2n) is 5.02. The van der Waals surface area contributed by atoms with E-state index in [1.807, 2.05) is 19.1 Å². The fourth-order valence-corrected chi connectivity index (χ4v) is 2.72. The highest BCUT2D eigenvalue weighted by Gasteiger charge is 2.34. The van der Waals surface area contributed by atoms with Crippen LogP contribution in [0.1, 0.15) is 24.5 Å². The van der Waals surface area contributed by atoms with E-state index in [-0.39, 0.29) is 12.3 Å². The van der Waals surface area contributed by atoms with Gasteiger partial charge in [-0.25, -0.2) is 0 Å². The van der Waals surface area contributed by atoms with Crippen LogP contribution in [0, 0.1) is 0 Å². The summed E-state index contributed by atoms with van der Waals surface area (Å²) < 4.78 is 10.6. The number of hydrogen-bond acceptors (Lipinski definition) is 4. The number of benzene rings is 1. The predicted octanol–water partition coefficient (Wildman–Crippen LogP) is 0.940. The summed E-state index contributed by atoms with van der Waals surface area (Å²) in [5.41, 5.74) is 7.13. The fourth-order valence-electron chi connectivity index (χ4n) is 2.72. The number of carbonyl (C=O) groups excluding carboxylic acids is 1. The number of methoxy groups -OCH3 is 2. The van der Waals surface area contributed by atoms with E-state index in [4.69, 9.17) is 15.2 Å². The van der Waals surface area contributed by atoms with Crippen molar-refractivity contribution in [1.82, 2.24) is 5.32 Å². The lowest BCUT2D eigenvalue weighted by molar-refractivity contribution is -0.119. The first-order valence-electron chi connectivity index (χ1n) is 6.29. The van der Waals surface area contributed by atoms with Crippen LogP contribution in [0.15, 0.2) is 12.1 Å². The Labute approximate surface area is 113 Å². The first-order chi connectivity index (χ1) is 9.00. The molecule has 5 nitrogen and oxygen atoms in total. The summed E-state index contributed by atoms with van der Waals surface area (Å²) in [5, 5.41) is 3.37. The van der Waals surface area contributed by atoms with Gasteiger partial charge in [0.15, 0.2) is 11.5 Å². The average Bonchev–Trinajstić information content (AvgIpc) is 2.36. The van der Waals surface area contributed by atoms with E-state index in [0.717, 1.165) is 18.5 Å². The first kappa shape index (κ1) is 13.7. The molecule has 1 aromatic rings. The smallest absolute Gasteiger partial charge is 0.219 e. The Bertz CT molecular complexity index is 502. The summed E-state index contributed by atoms with van der Waals surface area (Å²) in [7, 11) is 3.22. The van der Waals surface area contributed by atoms with Gasteiger partial charge in [-0.15, -0.1) is 0 Å². The Morgan fingerprint density at radius 2 is 2.00 bits per heavy atom. The van der Waals surface area contributed by atoms with Gasteiger partial charge in [0, 0.05) is 18.5 Å². The SMILES string of the molecule is COc1cc2c(cc1OC)C(C)(CC(N)=O)NCC2. The zero-order valence-electron chi connectivity index (χ0n) is 11.6. The number of ether oxygens (including phenoxy) is 2. The molecule has 0 fully saturated rings. The van der Waals surface area contributed by atoms with E-state index in [2.05, 4.69) is 5.32 Å². The lowest BCUT2D eigenvalue weighted by atomic mass is 9.81. The third kappa shape index (κ3) is 2.51. The maximum atomic E-state index is 11.3.